The summed E-state index contributed by atoms with van der Waals surface area (Å²) in [5.74, 6) is -1.03. The van der Waals surface area contributed by atoms with E-state index in [1.54, 1.807) is 24.3 Å². The highest BCUT2D eigenvalue weighted by Crippen LogP contribution is 2.21. The van der Waals surface area contributed by atoms with E-state index in [0.717, 1.165) is 22.9 Å². The van der Waals surface area contributed by atoms with Crippen LogP contribution in [0.15, 0.2) is 47.4 Å². The molecule has 2 rings (SSSR count). The summed E-state index contributed by atoms with van der Waals surface area (Å²) in [6, 6.07) is 8.01. The molecule has 0 aliphatic rings. The van der Waals surface area contributed by atoms with Crippen molar-refractivity contribution in [2.75, 3.05) is 5.32 Å². The molecule has 1 aromatic carbocycles. The van der Waals surface area contributed by atoms with Gasteiger partial charge in [-0.3, -0.25) is 9.59 Å². The van der Waals surface area contributed by atoms with Crippen molar-refractivity contribution in [2.45, 2.75) is 13.0 Å². The maximum atomic E-state index is 13.1. The van der Waals surface area contributed by atoms with E-state index in [0.29, 0.717) is 10.7 Å². The number of nitrogens with zero attached hydrogens (tertiary/aromatic N) is 1. The van der Waals surface area contributed by atoms with Gasteiger partial charge in [0.2, 0.25) is 5.91 Å². The highest BCUT2D eigenvalue weighted by atomic mass is 35.5. The topological polar surface area (TPSA) is 51.1 Å². The predicted octanol–water partition coefficient (Wildman–Crippen LogP) is 2.84. The third-order valence-electron chi connectivity index (χ3n) is 2.83. The Labute approximate surface area is 119 Å². The van der Waals surface area contributed by atoms with Crippen LogP contribution in [0.2, 0.25) is 5.02 Å². The predicted molar refractivity (Wildman–Crippen MR) is 75.5 cm³/mol. The Kier molecular flexibility index (Phi) is 4.20. The highest BCUT2D eigenvalue weighted by Gasteiger charge is 2.17. The molecular weight excluding hydrogens is 283 g/mol. The Bertz CT molecular complexity index is 700. The summed E-state index contributed by atoms with van der Waals surface area (Å²) in [4.78, 5) is 23.7. The van der Waals surface area contributed by atoms with Crippen molar-refractivity contribution in [1.82, 2.24) is 4.57 Å². The fraction of sp³-hybridized carbons (Fsp3) is 0.143. The normalized spacial score (nSPS) is 11.9. The first-order chi connectivity index (χ1) is 9.49. The molecular formula is C14H12ClFN2O2. The fourth-order valence-electron chi connectivity index (χ4n) is 1.71. The van der Waals surface area contributed by atoms with Gasteiger partial charge in [0.15, 0.2) is 0 Å². The second-order valence-electron chi connectivity index (χ2n) is 4.24. The Morgan fingerprint density at radius 3 is 2.70 bits per heavy atom. The summed E-state index contributed by atoms with van der Waals surface area (Å²) in [6.45, 7) is 1.51. The quantitative estimate of drug-likeness (QED) is 0.946. The molecule has 1 N–H and O–H groups in total. The van der Waals surface area contributed by atoms with E-state index in [-0.39, 0.29) is 0 Å². The largest absolute Gasteiger partial charge is 0.323 e. The first-order valence-corrected chi connectivity index (χ1v) is 6.30. The maximum absolute atomic E-state index is 13.1. The van der Waals surface area contributed by atoms with Gasteiger partial charge in [0.1, 0.15) is 11.9 Å². The SMILES string of the molecule is CC(C(=O)Nc1ccccc1Cl)n1cc(F)ccc1=O. The maximum Gasteiger partial charge on any atom is 0.251 e. The number of hydrogen-bond donors (Lipinski definition) is 1. The summed E-state index contributed by atoms with van der Waals surface area (Å²) < 4.78 is 14.2. The van der Waals surface area contributed by atoms with Gasteiger partial charge in [-0.2, -0.15) is 0 Å². The number of para-hydroxylation sites is 1. The van der Waals surface area contributed by atoms with E-state index in [1.165, 1.54) is 6.92 Å². The van der Waals surface area contributed by atoms with Crippen LogP contribution in [0, 0.1) is 5.82 Å². The number of amides is 1. The van der Waals surface area contributed by atoms with Gasteiger partial charge < -0.3 is 9.88 Å². The number of nitrogens with one attached hydrogen (secondary N) is 1. The first-order valence-electron chi connectivity index (χ1n) is 5.92. The van der Waals surface area contributed by atoms with Crippen molar-refractivity contribution in [3.8, 4) is 0 Å². The van der Waals surface area contributed by atoms with Crippen molar-refractivity contribution in [1.29, 1.82) is 0 Å². The molecule has 0 radical (unpaired) electrons. The molecule has 20 heavy (non-hydrogen) atoms. The van der Waals surface area contributed by atoms with Crippen molar-refractivity contribution >= 4 is 23.2 Å². The molecule has 0 aliphatic heterocycles. The summed E-state index contributed by atoms with van der Waals surface area (Å²) in [5.41, 5.74) is -0.0105. The zero-order valence-electron chi connectivity index (χ0n) is 10.6. The average molecular weight is 295 g/mol. The van der Waals surface area contributed by atoms with E-state index in [9.17, 15) is 14.0 Å². The molecule has 0 spiro atoms. The zero-order valence-corrected chi connectivity index (χ0v) is 11.4. The molecule has 1 aromatic heterocycles. The van der Waals surface area contributed by atoms with Gasteiger partial charge in [-0.25, -0.2) is 4.39 Å². The van der Waals surface area contributed by atoms with Gasteiger partial charge in [-0.05, 0) is 25.1 Å². The highest BCUT2D eigenvalue weighted by molar-refractivity contribution is 6.33. The molecule has 1 amide bonds. The smallest absolute Gasteiger partial charge is 0.251 e. The number of anilines is 1. The van der Waals surface area contributed by atoms with Gasteiger partial charge >= 0.3 is 0 Å². The molecule has 1 atom stereocenters. The lowest BCUT2D eigenvalue weighted by Gasteiger charge is -2.15. The number of hydrogen-bond acceptors (Lipinski definition) is 2. The molecule has 0 fully saturated rings. The van der Waals surface area contributed by atoms with Crippen LogP contribution in [-0.4, -0.2) is 10.5 Å². The van der Waals surface area contributed by atoms with Gasteiger partial charge in [-0.15, -0.1) is 0 Å². The van der Waals surface area contributed by atoms with Crippen LogP contribution in [0.5, 0.6) is 0 Å². The zero-order chi connectivity index (χ0) is 14.7. The van der Waals surface area contributed by atoms with Crippen molar-refractivity contribution in [2.24, 2.45) is 0 Å². The van der Waals surface area contributed by atoms with Crippen LogP contribution in [0.1, 0.15) is 13.0 Å². The third-order valence-corrected chi connectivity index (χ3v) is 3.16. The summed E-state index contributed by atoms with van der Waals surface area (Å²) in [7, 11) is 0. The first kappa shape index (κ1) is 14.3. The number of halogens is 2. The van der Waals surface area contributed by atoms with E-state index < -0.39 is 23.3 Å². The lowest BCUT2D eigenvalue weighted by Crippen LogP contribution is -2.31. The number of pyridine rings is 1. The minimum atomic E-state index is -0.852. The Morgan fingerprint density at radius 2 is 2.00 bits per heavy atom. The molecule has 0 bridgehead atoms. The third kappa shape index (κ3) is 3.05. The second kappa shape index (κ2) is 5.88. The Balaban J connectivity index is 2.23. The van der Waals surface area contributed by atoms with Crippen molar-refractivity contribution in [3.05, 3.63) is 63.8 Å². The molecule has 0 saturated carbocycles. The lowest BCUT2D eigenvalue weighted by molar-refractivity contribution is -0.118. The monoisotopic (exact) mass is 294 g/mol. The van der Waals surface area contributed by atoms with Crippen LogP contribution >= 0.6 is 11.6 Å². The minimum Gasteiger partial charge on any atom is -0.323 e. The van der Waals surface area contributed by atoms with Crippen LogP contribution in [0.4, 0.5) is 10.1 Å². The van der Waals surface area contributed by atoms with Crippen molar-refractivity contribution in [3.63, 3.8) is 0 Å². The van der Waals surface area contributed by atoms with E-state index in [1.807, 2.05) is 0 Å². The van der Waals surface area contributed by atoms with Gasteiger partial charge in [0.05, 0.1) is 10.7 Å². The number of carbonyl (C=O) groups excluding carboxylic acids is 1. The van der Waals surface area contributed by atoms with Crippen LogP contribution in [0.3, 0.4) is 0 Å². The van der Waals surface area contributed by atoms with E-state index in [4.69, 9.17) is 11.6 Å². The fourth-order valence-corrected chi connectivity index (χ4v) is 1.89. The molecule has 0 aliphatic carbocycles. The summed E-state index contributed by atoms with van der Waals surface area (Å²) >= 11 is 5.93. The van der Waals surface area contributed by atoms with Crippen LogP contribution < -0.4 is 10.9 Å². The van der Waals surface area contributed by atoms with Gasteiger partial charge in [-0.1, -0.05) is 23.7 Å². The molecule has 2 aromatic rings. The van der Waals surface area contributed by atoms with Gasteiger partial charge in [0.25, 0.3) is 5.56 Å². The lowest BCUT2D eigenvalue weighted by atomic mass is 10.2. The summed E-state index contributed by atoms with van der Waals surface area (Å²) in [5, 5.41) is 2.99. The molecule has 0 saturated heterocycles. The standard InChI is InChI=1S/C14H12ClFN2O2/c1-9(18-8-10(16)6-7-13(18)19)14(20)17-12-5-3-2-4-11(12)15/h2-9H,1H3,(H,17,20). The Hall–Kier alpha value is -2.14. The molecule has 1 heterocycles. The Morgan fingerprint density at radius 1 is 1.30 bits per heavy atom. The second-order valence-corrected chi connectivity index (χ2v) is 4.65. The van der Waals surface area contributed by atoms with Gasteiger partial charge in [0, 0.05) is 12.3 Å². The average Bonchev–Trinajstić information content (AvgIpc) is 2.43. The summed E-state index contributed by atoms with van der Waals surface area (Å²) in [6.07, 6.45) is 0.999. The van der Waals surface area contributed by atoms with Crippen LogP contribution in [0.25, 0.3) is 0 Å². The van der Waals surface area contributed by atoms with E-state index >= 15 is 0 Å². The van der Waals surface area contributed by atoms with E-state index in [2.05, 4.69) is 5.32 Å². The molecule has 6 heteroatoms. The minimum absolute atomic E-state index is 0.389. The molecule has 4 nitrogen and oxygen atoms in total. The van der Waals surface area contributed by atoms with Crippen molar-refractivity contribution < 1.29 is 9.18 Å². The molecule has 1 unspecified atom stereocenters. The number of benzene rings is 1. The molecule has 104 valence electrons. The number of carbonyl (C=O) groups is 1. The number of aromatic nitrogens is 1. The number of rotatable bonds is 3. The van der Waals surface area contributed by atoms with Crippen LogP contribution in [-0.2, 0) is 4.79 Å².